The smallest absolute Gasteiger partial charge is 0.226 e. The van der Waals surface area contributed by atoms with Crippen molar-refractivity contribution in [1.82, 2.24) is 19.7 Å². The predicted molar refractivity (Wildman–Crippen MR) is 79.9 cm³/mol. The number of morpholine rings is 1. The molecule has 120 valence electrons. The van der Waals surface area contributed by atoms with Gasteiger partial charge in [-0.25, -0.2) is 0 Å². The molecule has 0 bridgehead atoms. The van der Waals surface area contributed by atoms with E-state index in [0.29, 0.717) is 37.4 Å². The molecule has 6 nitrogen and oxygen atoms in total. The number of hydrogen-bond donors (Lipinski definition) is 0. The molecule has 0 spiro atoms. The summed E-state index contributed by atoms with van der Waals surface area (Å²) in [5.41, 5.74) is 0. The SMILES string of the molecule is CCn1cnnc1[C@@H]1CN(C(=O)C(C2CC2)C2CC2)CCO1. The second-order valence-corrected chi connectivity index (χ2v) is 6.82. The number of carbonyl (C=O) groups is 1. The molecule has 4 rings (SSSR count). The Bertz CT molecular complexity index is 538. The number of hydrogen-bond acceptors (Lipinski definition) is 4. The molecule has 3 fully saturated rings. The molecule has 0 aromatic carbocycles. The van der Waals surface area contributed by atoms with Crippen LogP contribution in [0.4, 0.5) is 0 Å². The number of aromatic nitrogens is 3. The molecule has 1 aromatic rings. The van der Waals surface area contributed by atoms with Crippen LogP contribution in [0.5, 0.6) is 0 Å². The van der Waals surface area contributed by atoms with Crippen molar-refractivity contribution in [3.63, 3.8) is 0 Å². The van der Waals surface area contributed by atoms with Gasteiger partial charge in [0.1, 0.15) is 12.4 Å². The van der Waals surface area contributed by atoms with Crippen LogP contribution in [0.15, 0.2) is 6.33 Å². The number of rotatable bonds is 5. The third-order valence-electron chi connectivity index (χ3n) is 5.20. The first-order valence-corrected chi connectivity index (χ1v) is 8.56. The van der Waals surface area contributed by atoms with E-state index in [1.807, 2.05) is 9.47 Å². The summed E-state index contributed by atoms with van der Waals surface area (Å²) in [6, 6.07) is 0. The molecule has 22 heavy (non-hydrogen) atoms. The minimum Gasteiger partial charge on any atom is -0.366 e. The van der Waals surface area contributed by atoms with Gasteiger partial charge in [0, 0.05) is 19.0 Å². The van der Waals surface area contributed by atoms with Gasteiger partial charge in [-0.05, 0) is 44.4 Å². The van der Waals surface area contributed by atoms with E-state index >= 15 is 0 Å². The number of amides is 1. The molecule has 0 unspecified atom stereocenters. The molecule has 3 aliphatic rings. The van der Waals surface area contributed by atoms with Crippen molar-refractivity contribution in [3.05, 3.63) is 12.2 Å². The molecule has 1 aromatic heterocycles. The molecule has 0 N–H and O–H groups in total. The second-order valence-electron chi connectivity index (χ2n) is 6.82. The number of aryl methyl sites for hydroxylation is 1. The van der Waals surface area contributed by atoms with Gasteiger partial charge < -0.3 is 14.2 Å². The van der Waals surface area contributed by atoms with Crippen LogP contribution in [0.2, 0.25) is 0 Å². The average Bonchev–Trinajstić information content (AvgIpc) is 3.48. The van der Waals surface area contributed by atoms with Crippen molar-refractivity contribution in [2.24, 2.45) is 17.8 Å². The lowest BCUT2D eigenvalue weighted by molar-refractivity contribution is -0.145. The molecule has 2 heterocycles. The fraction of sp³-hybridized carbons (Fsp3) is 0.812. The van der Waals surface area contributed by atoms with Gasteiger partial charge in [-0.1, -0.05) is 0 Å². The summed E-state index contributed by atoms with van der Waals surface area (Å²) in [4.78, 5) is 15.0. The fourth-order valence-electron chi connectivity index (χ4n) is 3.67. The van der Waals surface area contributed by atoms with Gasteiger partial charge in [0.2, 0.25) is 5.91 Å². The fourth-order valence-corrected chi connectivity index (χ4v) is 3.67. The molecule has 0 radical (unpaired) electrons. The molecule has 1 saturated heterocycles. The molecule has 6 heteroatoms. The maximum atomic E-state index is 13.0. The summed E-state index contributed by atoms with van der Waals surface area (Å²) >= 11 is 0. The van der Waals surface area contributed by atoms with Crippen molar-refractivity contribution in [2.75, 3.05) is 19.7 Å². The Labute approximate surface area is 130 Å². The Morgan fingerprint density at radius 3 is 2.73 bits per heavy atom. The summed E-state index contributed by atoms with van der Waals surface area (Å²) in [7, 11) is 0. The lowest BCUT2D eigenvalue weighted by Gasteiger charge is -2.35. The van der Waals surface area contributed by atoms with Crippen LogP contribution in [-0.4, -0.2) is 45.3 Å². The standard InChI is InChI=1S/C16H24N4O2/c1-2-19-10-17-18-15(19)13-9-20(7-8-22-13)16(21)14(11-3-4-11)12-5-6-12/h10-14H,2-9H2,1H3/t13-/m0/s1. The Kier molecular flexibility index (Phi) is 3.64. The summed E-state index contributed by atoms with van der Waals surface area (Å²) in [6.45, 7) is 4.81. The highest BCUT2D eigenvalue weighted by Gasteiger charge is 2.47. The van der Waals surface area contributed by atoms with E-state index in [1.54, 1.807) is 6.33 Å². The first kappa shape index (κ1) is 14.2. The summed E-state index contributed by atoms with van der Waals surface area (Å²) in [5.74, 6) is 2.79. The van der Waals surface area contributed by atoms with Crippen LogP contribution >= 0.6 is 0 Å². The van der Waals surface area contributed by atoms with Crippen LogP contribution in [0.1, 0.15) is 44.5 Å². The van der Waals surface area contributed by atoms with E-state index in [-0.39, 0.29) is 12.0 Å². The average molecular weight is 304 g/mol. The van der Waals surface area contributed by atoms with Gasteiger partial charge in [-0.2, -0.15) is 0 Å². The van der Waals surface area contributed by atoms with E-state index in [1.165, 1.54) is 25.7 Å². The van der Waals surface area contributed by atoms with Gasteiger partial charge >= 0.3 is 0 Å². The van der Waals surface area contributed by atoms with Crippen LogP contribution in [0, 0.1) is 17.8 Å². The minimum atomic E-state index is -0.140. The third kappa shape index (κ3) is 2.64. The van der Waals surface area contributed by atoms with E-state index in [9.17, 15) is 4.79 Å². The number of nitrogens with zero attached hydrogens (tertiary/aromatic N) is 4. The predicted octanol–water partition coefficient (Wildman–Crippen LogP) is 1.63. The zero-order valence-corrected chi connectivity index (χ0v) is 13.1. The highest BCUT2D eigenvalue weighted by atomic mass is 16.5. The van der Waals surface area contributed by atoms with Crippen molar-refractivity contribution < 1.29 is 9.53 Å². The van der Waals surface area contributed by atoms with Crippen LogP contribution in [-0.2, 0) is 16.1 Å². The summed E-state index contributed by atoms with van der Waals surface area (Å²) < 4.78 is 7.86. The van der Waals surface area contributed by atoms with E-state index < -0.39 is 0 Å². The van der Waals surface area contributed by atoms with Gasteiger partial charge in [0.15, 0.2) is 5.82 Å². The van der Waals surface area contributed by atoms with Crippen molar-refractivity contribution >= 4 is 5.91 Å². The summed E-state index contributed by atoms with van der Waals surface area (Å²) in [6.07, 6.45) is 6.56. The monoisotopic (exact) mass is 304 g/mol. The molecule has 2 saturated carbocycles. The zero-order chi connectivity index (χ0) is 15.1. The van der Waals surface area contributed by atoms with Crippen LogP contribution in [0.25, 0.3) is 0 Å². The second kappa shape index (κ2) is 5.65. The van der Waals surface area contributed by atoms with Gasteiger partial charge in [0.05, 0.1) is 13.2 Å². The first-order valence-electron chi connectivity index (χ1n) is 8.56. The Morgan fingerprint density at radius 1 is 1.36 bits per heavy atom. The maximum Gasteiger partial charge on any atom is 0.226 e. The normalized spacial score (nSPS) is 25.7. The highest BCUT2D eigenvalue weighted by molar-refractivity contribution is 5.80. The van der Waals surface area contributed by atoms with Crippen molar-refractivity contribution in [1.29, 1.82) is 0 Å². The zero-order valence-electron chi connectivity index (χ0n) is 13.1. The van der Waals surface area contributed by atoms with Gasteiger partial charge in [-0.3, -0.25) is 4.79 Å². The number of ether oxygens (including phenoxy) is 1. The third-order valence-corrected chi connectivity index (χ3v) is 5.20. The minimum absolute atomic E-state index is 0.140. The molecule has 1 aliphatic heterocycles. The highest BCUT2D eigenvalue weighted by Crippen LogP contribution is 2.50. The van der Waals surface area contributed by atoms with Gasteiger partial charge in [-0.15, -0.1) is 10.2 Å². The van der Waals surface area contributed by atoms with Gasteiger partial charge in [0.25, 0.3) is 0 Å². The molecule has 2 aliphatic carbocycles. The largest absolute Gasteiger partial charge is 0.366 e. The summed E-state index contributed by atoms with van der Waals surface area (Å²) in [5, 5.41) is 8.17. The Hall–Kier alpha value is -1.43. The molecule has 1 atom stereocenters. The van der Waals surface area contributed by atoms with E-state index in [4.69, 9.17) is 4.74 Å². The van der Waals surface area contributed by atoms with E-state index in [0.717, 1.165) is 12.4 Å². The van der Waals surface area contributed by atoms with Crippen molar-refractivity contribution in [3.8, 4) is 0 Å². The topological polar surface area (TPSA) is 60.2 Å². The Morgan fingerprint density at radius 2 is 2.09 bits per heavy atom. The van der Waals surface area contributed by atoms with Crippen LogP contribution < -0.4 is 0 Å². The van der Waals surface area contributed by atoms with Crippen molar-refractivity contribution in [2.45, 2.75) is 45.3 Å². The molecular formula is C16H24N4O2. The first-order chi connectivity index (χ1) is 10.8. The van der Waals surface area contributed by atoms with Crippen LogP contribution in [0.3, 0.4) is 0 Å². The Balaban J connectivity index is 1.47. The van der Waals surface area contributed by atoms with E-state index in [2.05, 4.69) is 17.1 Å². The lowest BCUT2D eigenvalue weighted by atomic mass is 9.95. The maximum absolute atomic E-state index is 13.0. The lowest BCUT2D eigenvalue weighted by Crippen LogP contribution is -2.46. The quantitative estimate of drug-likeness (QED) is 0.829. The molecule has 1 amide bonds. The number of carbonyl (C=O) groups excluding carboxylic acids is 1. The molecular weight excluding hydrogens is 280 g/mol.